The lowest BCUT2D eigenvalue weighted by Gasteiger charge is -2.21. The van der Waals surface area contributed by atoms with Crippen molar-refractivity contribution < 1.29 is 23.5 Å². The molecule has 1 aliphatic heterocycles. The smallest absolute Gasteiger partial charge is 0.311 e. The summed E-state index contributed by atoms with van der Waals surface area (Å²) in [4.78, 5) is 38.0. The van der Waals surface area contributed by atoms with Crippen molar-refractivity contribution >= 4 is 46.4 Å². The molecule has 29 heavy (non-hydrogen) atoms. The summed E-state index contributed by atoms with van der Waals surface area (Å²) in [5.74, 6) is -2.30. The van der Waals surface area contributed by atoms with Gasteiger partial charge in [0.15, 0.2) is 0 Å². The molecule has 2 aromatic rings. The van der Waals surface area contributed by atoms with Crippen LogP contribution in [0.4, 0.5) is 21.5 Å². The third-order valence-corrected chi connectivity index (χ3v) is 4.36. The van der Waals surface area contributed by atoms with E-state index in [4.69, 9.17) is 11.6 Å². The number of nitrogens with one attached hydrogen (secondary N) is 2. The normalized spacial score (nSPS) is 13.0. The summed E-state index contributed by atoms with van der Waals surface area (Å²) in [6.45, 7) is -0.360. The lowest BCUT2D eigenvalue weighted by Crippen LogP contribution is -2.37. The summed E-state index contributed by atoms with van der Waals surface area (Å²) in [5, 5.41) is 5.64. The third kappa shape index (κ3) is 4.91. The maximum atomic E-state index is 13.9. The molecule has 0 bridgehead atoms. The van der Waals surface area contributed by atoms with Gasteiger partial charge in [-0.15, -0.1) is 0 Å². The lowest BCUT2D eigenvalue weighted by molar-refractivity contribution is -0.139. The highest BCUT2D eigenvalue weighted by molar-refractivity contribution is 6.30. The van der Waals surface area contributed by atoms with Gasteiger partial charge in [0.25, 0.3) is 5.91 Å². The summed E-state index contributed by atoms with van der Waals surface area (Å²) in [6.07, 6.45) is 1.10. The molecule has 1 aliphatic rings. The Morgan fingerprint density at radius 1 is 1.24 bits per heavy atom. The molecule has 0 atom stereocenters. The number of halogens is 2. The summed E-state index contributed by atoms with van der Waals surface area (Å²) < 4.78 is 18.6. The summed E-state index contributed by atoms with van der Waals surface area (Å²) in [5.41, 5.74) is 1.27. The number of hydrogen-bond acceptors (Lipinski definition) is 5. The van der Waals surface area contributed by atoms with Gasteiger partial charge < -0.3 is 15.4 Å². The van der Waals surface area contributed by atoms with Crippen LogP contribution in [0.15, 0.2) is 54.2 Å². The van der Waals surface area contributed by atoms with Crippen molar-refractivity contribution in [3.63, 3.8) is 0 Å². The van der Waals surface area contributed by atoms with E-state index in [1.807, 2.05) is 0 Å². The van der Waals surface area contributed by atoms with Gasteiger partial charge in [0.2, 0.25) is 5.91 Å². The summed E-state index contributed by atoms with van der Waals surface area (Å²) in [6, 6.07) is 10.7. The lowest BCUT2D eigenvalue weighted by atomic mass is 10.2. The van der Waals surface area contributed by atoms with E-state index in [9.17, 15) is 18.8 Å². The fourth-order valence-corrected chi connectivity index (χ4v) is 2.94. The van der Waals surface area contributed by atoms with Gasteiger partial charge in [-0.05, 0) is 30.3 Å². The van der Waals surface area contributed by atoms with Crippen molar-refractivity contribution in [2.75, 3.05) is 29.2 Å². The van der Waals surface area contributed by atoms with E-state index in [-0.39, 0.29) is 23.7 Å². The van der Waals surface area contributed by atoms with E-state index in [2.05, 4.69) is 15.4 Å². The first kappa shape index (κ1) is 20.3. The van der Waals surface area contributed by atoms with Crippen LogP contribution < -0.4 is 15.5 Å². The molecular formula is C20H17ClFN3O4. The van der Waals surface area contributed by atoms with Gasteiger partial charge in [0, 0.05) is 16.8 Å². The zero-order valence-corrected chi connectivity index (χ0v) is 16.1. The van der Waals surface area contributed by atoms with E-state index < -0.39 is 23.6 Å². The summed E-state index contributed by atoms with van der Waals surface area (Å²) >= 11 is 5.71. The Bertz CT molecular complexity index is 1010. The van der Waals surface area contributed by atoms with Gasteiger partial charge in [0.05, 0.1) is 30.6 Å². The van der Waals surface area contributed by atoms with Crippen molar-refractivity contribution in [1.82, 2.24) is 0 Å². The number of amides is 2. The topological polar surface area (TPSA) is 87.7 Å². The van der Waals surface area contributed by atoms with Gasteiger partial charge in [-0.2, -0.15) is 0 Å². The molecule has 0 unspecified atom stereocenters. The highest BCUT2D eigenvalue weighted by atomic mass is 35.5. The Balaban J connectivity index is 1.84. The van der Waals surface area contributed by atoms with Crippen molar-refractivity contribution in [2.24, 2.45) is 0 Å². The number of fused-ring (bicyclic) bond motifs is 1. The van der Waals surface area contributed by atoms with Gasteiger partial charge >= 0.3 is 5.97 Å². The number of methoxy groups -OCH3 is 1. The second-order valence-corrected chi connectivity index (χ2v) is 6.60. The van der Waals surface area contributed by atoms with Gasteiger partial charge in [-0.25, -0.2) is 4.39 Å². The largest absolute Gasteiger partial charge is 0.469 e. The molecule has 2 aromatic carbocycles. The number of esters is 1. The minimum absolute atomic E-state index is 0.0463. The number of ether oxygens (including phenoxy) is 1. The van der Waals surface area contributed by atoms with Crippen molar-refractivity contribution in [3.05, 3.63) is 65.1 Å². The van der Waals surface area contributed by atoms with Gasteiger partial charge in [0.1, 0.15) is 12.4 Å². The van der Waals surface area contributed by atoms with Crippen LogP contribution in [0, 0.1) is 5.82 Å². The van der Waals surface area contributed by atoms with Crippen LogP contribution in [0.3, 0.4) is 0 Å². The summed E-state index contributed by atoms with van der Waals surface area (Å²) in [7, 11) is 1.25. The van der Waals surface area contributed by atoms with Crippen LogP contribution in [0.1, 0.15) is 6.42 Å². The molecule has 7 nitrogen and oxygen atoms in total. The Kier molecular flexibility index (Phi) is 6.13. The van der Waals surface area contributed by atoms with Crippen LogP contribution in [0.25, 0.3) is 0 Å². The maximum Gasteiger partial charge on any atom is 0.311 e. The monoisotopic (exact) mass is 417 g/mol. The van der Waals surface area contributed by atoms with Crippen LogP contribution >= 0.6 is 11.6 Å². The molecule has 0 saturated carbocycles. The van der Waals surface area contributed by atoms with Crippen molar-refractivity contribution in [3.8, 4) is 0 Å². The Hall–Kier alpha value is -3.39. The van der Waals surface area contributed by atoms with Gasteiger partial charge in [-0.1, -0.05) is 23.7 Å². The first-order valence-electron chi connectivity index (χ1n) is 8.57. The average molecular weight is 418 g/mol. The zero-order chi connectivity index (χ0) is 21.0. The SMILES string of the molecule is COC(=O)CC1=CC(=O)N(CC(=O)Nc2ccc(Cl)cc2F)c2ccccc2N1. The Labute approximate surface area is 171 Å². The molecule has 9 heteroatoms. The number of para-hydroxylation sites is 2. The predicted octanol–water partition coefficient (Wildman–Crippen LogP) is 3.32. The van der Waals surface area contributed by atoms with Crippen LogP contribution in [-0.2, 0) is 19.1 Å². The molecule has 0 spiro atoms. The number of rotatable bonds is 5. The minimum atomic E-state index is -0.685. The van der Waals surface area contributed by atoms with Crippen LogP contribution in [0.2, 0.25) is 5.02 Å². The molecule has 2 N–H and O–H groups in total. The molecule has 0 aromatic heterocycles. The molecule has 2 amide bonds. The second-order valence-electron chi connectivity index (χ2n) is 6.16. The molecule has 0 aliphatic carbocycles. The zero-order valence-electron chi connectivity index (χ0n) is 15.4. The predicted molar refractivity (Wildman–Crippen MR) is 107 cm³/mol. The van der Waals surface area contributed by atoms with Crippen molar-refractivity contribution in [2.45, 2.75) is 6.42 Å². The Morgan fingerprint density at radius 3 is 2.72 bits per heavy atom. The molecule has 1 heterocycles. The highest BCUT2D eigenvalue weighted by Crippen LogP contribution is 2.30. The molecule has 150 valence electrons. The fourth-order valence-electron chi connectivity index (χ4n) is 2.78. The van der Waals surface area contributed by atoms with Gasteiger partial charge in [-0.3, -0.25) is 19.3 Å². The van der Waals surface area contributed by atoms with Crippen LogP contribution in [0.5, 0.6) is 0 Å². The molecule has 3 rings (SSSR count). The third-order valence-electron chi connectivity index (χ3n) is 4.12. The maximum absolute atomic E-state index is 13.9. The number of hydrogen-bond donors (Lipinski definition) is 2. The molecular weight excluding hydrogens is 401 g/mol. The fraction of sp³-hybridized carbons (Fsp3) is 0.150. The Morgan fingerprint density at radius 2 is 2.00 bits per heavy atom. The number of benzene rings is 2. The number of nitrogens with zero attached hydrogens (tertiary/aromatic N) is 1. The highest BCUT2D eigenvalue weighted by Gasteiger charge is 2.25. The average Bonchev–Trinajstić information content (AvgIpc) is 2.80. The van der Waals surface area contributed by atoms with Crippen LogP contribution in [-0.4, -0.2) is 31.4 Å². The number of anilines is 3. The number of carbonyl (C=O) groups excluding carboxylic acids is 3. The molecule has 0 fully saturated rings. The quantitative estimate of drug-likeness (QED) is 0.729. The van der Waals surface area contributed by atoms with E-state index in [1.54, 1.807) is 24.3 Å². The van der Waals surface area contributed by atoms with E-state index in [0.717, 1.165) is 6.07 Å². The minimum Gasteiger partial charge on any atom is -0.469 e. The second kappa shape index (κ2) is 8.74. The number of carbonyl (C=O) groups is 3. The van der Waals surface area contributed by atoms with E-state index in [0.29, 0.717) is 17.1 Å². The molecule has 0 saturated heterocycles. The molecule has 0 radical (unpaired) electrons. The standard InChI is InChI=1S/C20H17ClFN3O4/c1-29-20(28)10-13-9-19(27)25(17-5-3-2-4-16(17)23-13)11-18(26)24-15-7-6-12(21)8-14(15)22/h2-9,23H,10-11H2,1H3,(H,24,26). The first-order valence-corrected chi connectivity index (χ1v) is 8.95. The first-order chi connectivity index (χ1) is 13.9. The van der Waals surface area contributed by atoms with E-state index in [1.165, 1.54) is 30.2 Å². The van der Waals surface area contributed by atoms with E-state index >= 15 is 0 Å². The van der Waals surface area contributed by atoms with Crippen molar-refractivity contribution in [1.29, 1.82) is 0 Å².